The second-order valence-corrected chi connectivity index (χ2v) is 11.2. The summed E-state index contributed by atoms with van der Waals surface area (Å²) in [5, 5.41) is 9.35. The molecule has 0 radical (unpaired) electrons. The molecule has 214 valence electrons. The van der Waals surface area contributed by atoms with E-state index in [-0.39, 0.29) is 16.9 Å². The second kappa shape index (κ2) is 10.8. The molecule has 11 nitrogen and oxygen atoms in total. The maximum atomic E-state index is 13.3. The van der Waals surface area contributed by atoms with E-state index in [1.54, 1.807) is 12.3 Å². The number of hydrogen-bond acceptors (Lipinski definition) is 8. The molecule has 2 fully saturated rings. The largest absolute Gasteiger partial charge is 0.474 e. The smallest absolute Gasteiger partial charge is 0.263 e. The fourth-order valence-corrected chi connectivity index (χ4v) is 5.72. The number of ether oxygens (including phenoxy) is 1. The minimum absolute atomic E-state index is 0.0288. The molecule has 2 aromatic heterocycles. The highest BCUT2D eigenvalue weighted by molar-refractivity contribution is 6.08. The van der Waals surface area contributed by atoms with Gasteiger partial charge in [-0.2, -0.15) is 0 Å². The van der Waals surface area contributed by atoms with E-state index in [0.717, 1.165) is 49.3 Å². The first kappa shape index (κ1) is 26.7. The van der Waals surface area contributed by atoms with Crippen molar-refractivity contribution in [2.45, 2.75) is 33.1 Å². The number of rotatable bonds is 6. The summed E-state index contributed by atoms with van der Waals surface area (Å²) in [4.78, 5) is 50.1. The molecule has 0 atom stereocenters. The lowest BCUT2D eigenvalue weighted by Gasteiger charge is -2.44. The van der Waals surface area contributed by atoms with Crippen molar-refractivity contribution < 1.29 is 14.3 Å². The number of H-pyrrole nitrogens is 1. The number of aromatic amines is 1. The average Bonchev–Trinajstić information content (AvgIpc) is 2.97. The molecule has 1 saturated heterocycles. The lowest BCUT2D eigenvalue weighted by molar-refractivity contribution is -0.146. The van der Waals surface area contributed by atoms with E-state index >= 15 is 0 Å². The molecule has 11 heteroatoms. The van der Waals surface area contributed by atoms with Gasteiger partial charge in [0.05, 0.1) is 17.6 Å². The highest BCUT2D eigenvalue weighted by atomic mass is 16.5. The number of piperazine rings is 1. The van der Waals surface area contributed by atoms with Gasteiger partial charge in [-0.05, 0) is 50.1 Å². The van der Waals surface area contributed by atoms with E-state index in [2.05, 4.69) is 37.7 Å². The molecular weight excluding hydrogens is 522 g/mol. The molecule has 0 unspecified atom stereocenters. The van der Waals surface area contributed by atoms with Crippen molar-refractivity contribution in [2.75, 3.05) is 60.2 Å². The Hall–Kier alpha value is -4.54. The lowest BCUT2D eigenvalue weighted by atomic mass is 9.69. The third-order valence-electron chi connectivity index (χ3n) is 8.43. The standard InChI is InChI=1S/C30H35N7O4/c1-19-23(18-33-28-25(19)31-12-17-41-28)35-22-8-11-32-26(38)24(22)27(39)34-20-4-6-21(7-5-20)36-13-15-37(16-14-36)29(40)30(2)9-3-10-30/h4-8,11,18,31H,3,9-10,12-17H2,1-2H3,(H,34,39)(H2,32,35,38). The molecular formula is C30H35N7O4. The van der Waals surface area contributed by atoms with Gasteiger partial charge in [-0.3, -0.25) is 14.4 Å². The minimum Gasteiger partial charge on any atom is -0.474 e. The van der Waals surface area contributed by atoms with Crippen LogP contribution in [-0.2, 0) is 4.79 Å². The summed E-state index contributed by atoms with van der Waals surface area (Å²) in [6.07, 6.45) is 6.25. The number of aromatic nitrogens is 2. The van der Waals surface area contributed by atoms with Crippen LogP contribution >= 0.6 is 0 Å². The normalized spacial score (nSPS) is 17.4. The van der Waals surface area contributed by atoms with Gasteiger partial charge in [0.1, 0.15) is 17.9 Å². The quantitative estimate of drug-likeness (QED) is 0.361. The molecule has 3 aliphatic rings. The van der Waals surface area contributed by atoms with Crippen molar-refractivity contribution in [1.29, 1.82) is 0 Å². The fraction of sp³-hybridized carbons (Fsp3) is 0.400. The van der Waals surface area contributed by atoms with Crippen LogP contribution in [0.25, 0.3) is 0 Å². The van der Waals surface area contributed by atoms with Gasteiger partial charge in [-0.15, -0.1) is 0 Å². The maximum Gasteiger partial charge on any atom is 0.263 e. The van der Waals surface area contributed by atoms with Crippen LogP contribution in [-0.4, -0.2) is 66.0 Å². The Labute approximate surface area is 238 Å². The van der Waals surface area contributed by atoms with Gasteiger partial charge in [-0.25, -0.2) is 4.98 Å². The third kappa shape index (κ3) is 5.19. The van der Waals surface area contributed by atoms with E-state index in [1.807, 2.05) is 36.1 Å². The Bertz CT molecular complexity index is 1520. The zero-order valence-electron chi connectivity index (χ0n) is 23.4. The summed E-state index contributed by atoms with van der Waals surface area (Å²) in [5.74, 6) is 0.295. The Kier molecular flexibility index (Phi) is 7.02. The monoisotopic (exact) mass is 557 g/mol. The van der Waals surface area contributed by atoms with Gasteiger partial charge in [0.2, 0.25) is 11.8 Å². The minimum atomic E-state index is -0.524. The van der Waals surface area contributed by atoms with Gasteiger partial charge in [-0.1, -0.05) is 13.3 Å². The van der Waals surface area contributed by atoms with Crippen molar-refractivity contribution in [3.05, 3.63) is 64.2 Å². The average molecular weight is 558 g/mol. The van der Waals surface area contributed by atoms with Crippen LogP contribution in [0.2, 0.25) is 0 Å². The number of pyridine rings is 2. The molecule has 1 aromatic carbocycles. The maximum absolute atomic E-state index is 13.3. The zero-order valence-corrected chi connectivity index (χ0v) is 23.4. The summed E-state index contributed by atoms with van der Waals surface area (Å²) < 4.78 is 5.60. The van der Waals surface area contributed by atoms with Crippen LogP contribution in [0.5, 0.6) is 5.88 Å². The summed E-state index contributed by atoms with van der Waals surface area (Å²) in [7, 11) is 0. The van der Waals surface area contributed by atoms with Gasteiger partial charge in [0.15, 0.2) is 0 Å². The van der Waals surface area contributed by atoms with E-state index < -0.39 is 11.5 Å². The Morgan fingerprint density at radius 2 is 1.80 bits per heavy atom. The van der Waals surface area contributed by atoms with Crippen LogP contribution in [0.1, 0.15) is 42.1 Å². The molecule has 4 N–H and O–H groups in total. The fourth-order valence-electron chi connectivity index (χ4n) is 5.72. The Morgan fingerprint density at radius 3 is 2.51 bits per heavy atom. The predicted octanol–water partition coefficient (Wildman–Crippen LogP) is 3.72. The van der Waals surface area contributed by atoms with Crippen LogP contribution in [0, 0.1) is 12.3 Å². The third-order valence-corrected chi connectivity index (χ3v) is 8.43. The summed E-state index contributed by atoms with van der Waals surface area (Å²) in [6, 6.07) is 9.21. The zero-order chi connectivity index (χ0) is 28.6. The number of fused-ring (bicyclic) bond motifs is 1. The number of carbonyl (C=O) groups is 2. The summed E-state index contributed by atoms with van der Waals surface area (Å²) in [5.41, 5.74) is 3.60. The van der Waals surface area contributed by atoms with E-state index in [4.69, 9.17) is 4.74 Å². The molecule has 2 aliphatic heterocycles. The van der Waals surface area contributed by atoms with Crippen molar-refractivity contribution in [3.63, 3.8) is 0 Å². The van der Waals surface area contributed by atoms with Crippen molar-refractivity contribution >= 4 is 40.3 Å². The van der Waals surface area contributed by atoms with Crippen LogP contribution in [0.15, 0.2) is 47.5 Å². The number of amides is 2. The molecule has 1 aliphatic carbocycles. The first-order valence-corrected chi connectivity index (χ1v) is 14.1. The van der Waals surface area contributed by atoms with Gasteiger partial charge in [0.25, 0.3) is 11.5 Å². The SMILES string of the molecule is Cc1c(Nc2cc[nH]c(=O)c2C(=O)Nc2ccc(N3CCN(C(=O)C4(C)CCC4)CC3)cc2)cnc2c1NCCO2. The highest BCUT2D eigenvalue weighted by Crippen LogP contribution is 2.42. The predicted molar refractivity (Wildman–Crippen MR) is 158 cm³/mol. The molecule has 0 bridgehead atoms. The molecule has 2 amide bonds. The molecule has 4 heterocycles. The topological polar surface area (TPSA) is 132 Å². The Balaban J connectivity index is 1.12. The van der Waals surface area contributed by atoms with Crippen LogP contribution in [0.4, 0.5) is 28.4 Å². The number of benzene rings is 1. The second-order valence-electron chi connectivity index (χ2n) is 11.2. The van der Waals surface area contributed by atoms with Crippen molar-refractivity contribution in [3.8, 4) is 5.88 Å². The van der Waals surface area contributed by atoms with Crippen molar-refractivity contribution in [2.24, 2.45) is 5.41 Å². The number of carbonyl (C=O) groups excluding carboxylic acids is 2. The van der Waals surface area contributed by atoms with Crippen molar-refractivity contribution in [1.82, 2.24) is 14.9 Å². The van der Waals surface area contributed by atoms with Crippen LogP contribution < -0.4 is 31.1 Å². The first-order valence-electron chi connectivity index (χ1n) is 14.1. The summed E-state index contributed by atoms with van der Waals surface area (Å²) in [6.45, 7) is 8.17. The Morgan fingerprint density at radius 1 is 1.05 bits per heavy atom. The number of nitrogens with zero attached hydrogens (tertiary/aromatic N) is 3. The number of nitrogens with one attached hydrogen (secondary N) is 4. The number of hydrogen-bond donors (Lipinski definition) is 4. The van der Waals surface area contributed by atoms with Crippen LogP contribution in [0.3, 0.4) is 0 Å². The summed E-state index contributed by atoms with van der Waals surface area (Å²) >= 11 is 0. The van der Waals surface area contributed by atoms with Gasteiger partial charge < -0.3 is 35.5 Å². The molecule has 0 spiro atoms. The molecule has 3 aromatic rings. The molecule has 1 saturated carbocycles. The highest BCUT2D eigenvalue weighted by Gasteiger charge is 2.42. The van der Waals surface area contributed by atoms with E-state index in [0.29, 0.717) is 49.2 Å². The molecule has 6 rings (SSSR count). The van der Waals surface area contributed by atoms with E-state index in [1.165, 1.54) is 6.20 Å². The lowest BCUT2D eigenvalue weighted by Crippen LogP contribution is -2.54. The van der Waals surface area contributed by atoms with E-state index in [9.17, 15) is 14.4 Å². The van der Waals surface area contributed by atoms with Gasteiger partial charge in [0, 0.05) is 61.3 Å². The molecule has 41 heavy (non-hydrogen) atoms. The van der Waals surface area contributed by atoms with Gasteiger partial charge >= 0.3 is 0 Å². The first-order chi connectivity index (χ1) is 19.8. The number of anilines is 5.